The van der Waals surface area contributed by atoms with Crippen LogP contribution in [0.15, 0.2) is 53.6 Å². The van der Waals surface area contributed by atoms with Crippen molar-refractivity contribution in [3.63, 3.8) is 0 Å². The van der Waals surface area contributed by atoms with Crippen LogP contribution < -0.4 is 0 Å². The highest BCUT2D eigenvalue weighted by Crippen LogP contribution is 2.63. The van der Waals surface area contributed by atoms with E-state index in [2.05, 4.69) is 126 Å². The zero-order valence-corrected chi connectivity index (χ0v) is 25.0. The molecular weight excluding hydrogens is 432 g/mol. The Morgan fingerprint density at radius 3 is 1.97 bits per heavy atom. The van der Waals surface area contributed by atoms with E-state index in [1.807, 2.05) is 0 Å². The van der Waals surface area contributed by atoms with Gasteiger partial charge in [0, 0.05) is 11.3 Å². The maximum atomic E-state index is 2.65. The van der Waals surface area contributed by atoms with Gasteiger partial charge in [0.15, 0.2) is 0 Å². The minimum atomic E-state index is 0.0885. The van der Waals surface area contributed by atoms with Crippen LogP contribution in [0.1, 0.15) is 117 Å². The lowest BCUT2D eigenvalue weighted by atomic mass is 9.65. The molecule has 0 N–H and O–H groups in total. The number of benzene rings is 2. The summed E-state index contributed by atoms with van der Waals surface area (Å²) in [6, 6.07) is 12.2. The van der Waals surface area contributed by atoms with E-state index < -0.39 is 0 Å². The number of allylic oxidation sites excluding steroid dienone is 4. The van der Waals surface area contributed by atoms with Gasteiger partial charge in [0.05, 0.1) is 0 Å². The largest absolute Gasteiger partial charge is 0.0727 e. The molecule has 0 amide bonds. The summed E-state index contributed by atoms with van der Waals surface area (Å²) in [6.45, 7) is 28.9. The second-order valence-corrected chi connectivity index (χ2v) is 16.0. The monoisotopic (exact) mass is 480 g/mol. The average molecular weight is 481 g/mol. The second kappa shape index (κ2) is 7.49. The lowest BCUT2D eigenvalue weighted by molar-refractivity contribution is 0.348. The van der Waals surface area contributed by atoms with E-state index in [4.69, 9.17) is 0 Å². The molecule has 1 fully saturated rings. The summed E-state index contributed by atoms with van der Waals surface area (Å²) in [5, 5.41) is 0. The Labute approximate surface area is 221 Å². The standard InChI is InChI=1S/C36H48/c1-32(2,3)23-13-14-25-22(17-23)18-27-26(25)15-16-28(34(7,8)9)31(27)36(12)21-35(10,11)29-19-24(20-30(29)36)33(4,5)6/h13-17,19-20,30H,18,21H2,1-12H3. The normalized spacial score (nSPS) is 24.8. The van der Waals surface area contributed by atoms with Crippen LogP contribution in [0, 0.1) is 16.7 Å². The maximum Gasteiger partial charge on any atom is 0.00862 e. The Hall–Kier alpha value is -2.08. The summed E-state index contributed by atoms with van der Waals surface area (Å²) in [6.07, 6.45) is 7.48. The molecular formula is C36H48. The summed E-state index contributed by atoms with van der Waals surface area (Å²) in [5.41, 5.74) is 14.6. The molecule has 3 aliphatic rings. The second-order valence-electron chi connectivity index (χ2n) is 16.0. The molecule has 0 radical (unpaired) electrons. The first-order chi connectivity index (χ1) is 16.3. The molecule has 0 aromatic heterocycles. The highest BCUT2D eigenvalue weighted by atomic mass is 14.6. The third kappa shape index (κ3) is 3.77. The van der Waals surface area contributed by atoms with Gasteiger partial charge in [-0.15, -0.1) is 0 Å². The first-order valence-corrected chi connectivity index (χ1v) is 14.1. The highest BCUT2D eigenvalue weighted by molar-refractivity contribution is 5.80. The molecule has 0 saturated heterocycles. The zero-order valence-electron chi connectivity index (χ0n) is 25.0. The lowest BCUT2D eigenvalue weighted by Crippen LogP contribution is -2.32. The van der Waals surface area contributed by atoms with Crippen molar-refractivity contribution in [3.8, 4) is 11.1 Å². The van der Waals surface area contributed by atoms with E-state index in [0.717, 1.165) is 6.42 Å². The predicted octanol–water partition coefficient (Wildman–Crippen LogP) is 10.1. The number of fused-ring (bicyclic) bond motifs is 4. The van der Waals surface area contributed by atoms with Gasteiger partial charge in [0.25, 0.3) is 0 Å². The van der Waals surface area contributed by atoms with Crippen molar-refractivity contribution in [1.29, 1.82) is 0 Å². The van der Waals surface area contributed by atoms with Crippen molar-refractivity contribution in [1.82, 2.24) is 0 Å². The van der Waals surface area contributed by atoms with Crippen LogP contribution in [0.3, 0.4) is 0 Å². The third-order valence-corrected chi connectivity index (χ3v) is 9.46. The van der Waals surface area contributed by atoms with Crippen molar-refractivity contribution < 1.29 is 0 Å². The van der Waals surface area contributed by atoms with Crippen LogP contribution in [-0.2, 0) is 22.7 Å². The van der Waals surface area contributed by atoms with E-state index in [-0.39, 0.29) is 27.1 Å². The minimum absolute atomic E-state index is 0.0885. The molecule has 0 nitrogen and oxygen atoms in total. The van der Waals surface area contributed by atoms with Crippen molar-refractivity contribution in [2.75, 3.05) is 0 Å². The molecule has 36 heavy (non-hydrogen) atoms. The van der Waals surface area contributed by atoms with Gasteiger partial charge in [-0.25, -0.2) is 0 Å². The van der Waals surface area contributed by atoms with E-state index in [0.29, 0.717) is 5.92 Å². The first kappa shape index (κ1) is 25.6. The topological polar surface area (TPSA) is 0 Å². The fourth-order valence-electron chi connectivity index (χ4n) is 7.58. The number of rotatable bonds is 1. The van der Waals surface area contributed by atoms with Gasteiger partial charge in [-0.05, 0) is 79.0 Å². The van der Waals surface area contributed by atoms with Crippen LogP contribution in [-0.4, -0.2) is 0 Å². The summed E-state index contributed by atoms with van der Waals surface area (Å²) >= 11 is 0. The highest BCUT2D eigenvalue weighted by Gasteiger charge is 2.55. The van der Waals surface area contributed by atoms with Gasteiger partial charge < -0.3 is 0 Å². The Bertz CT molecular complexity index is 1300. The molecule has 2 atom stereocenters. The molecule has 2 unspecified atom stereocenters. The molecule has 0 heteroatoms. The smallest absolute Gasteiger partial charge is 0.00862 e. The van der Waals surface area contributed by atoms with E-state index in [1.165, 1.54) is 34.2 Å². The lowest BCUT2D eigenvalue weighted by Gasteiger charge is -2.38. The number of hydrogen-bond donors (Lipinski definition) is 0. The molecule has 192 valence electrons. The van der Waals surface area contributed by atoms with Crippen molar-refractivity contribution in [3.05, 3.63) is 81.4 Å². The van der Waals surface area contributed by atoms with Gasteiger partial charge in [-0.1, -0.05) is 131 Å². The zero-order chi connectivity index (χ0) is 26.6. The van der Waals surface area contributed by atoms with E-state index in [1.54, 1.807) is 22.3 Å². The van der Waals surface area contributed by atoms with E-state index in [9.17, 15) is 0 Å². The quantitative estimate of drug-likeness (QED) is 0.325. The first-order valence-electron chi connectivity index (χ1n) is 14.1. The number of hydrogen-bond acceptors (Lipinski definition) is 0. The van der Waals surface area contributed by atoms with E-state index >= 15 is 0 Å². The maximum absolute atomic E-state index is 2.65. The minimum Gasteiger partial charge on any atom is -0.0727 e. The van der Waals surface area contributed by atoms with Crippen molar-refractivity contribution in [2.45, 2.75) is 112 Å². The fraction of sp³-hybridized carbons (Fsp3) is 0.556. The summed E-state index contributed by atoms with van der Waals surface area (Å²) < 4.78 is 0. The Balaban J connectivity index is 1.75. The SMILES string of the molecule is CC(C)(C)C1=CC2C(=C1)C(C)(C)CC2(C)c1c(C(C)(C)C)ccc2c1Cc1cc(C(C)(C)C)ccc1-2. The van der Waals surface area contributed by atoms with Gasteiger partial charge in [-0.3, -0.25) is 0 Å². The van der Waals surface area contributed by atoms with Crippen molar-refractivity contribution in [2.24, 2.45) is 16.7 Å². The summed E-state index contributed by atoms with van der Waals surface area (Å²) in [5.74, 6) is 0.475. The Morgan fingerprint density at radius 2 is 1.39 bits per heavy atom. The molecule has 2 aromatic carbocycles. The molecule has 2 aromatic rings. The van der Waals surface area contributed by atoms with Gasteiger partial charge in [-0.2, -0.15) is 0 Å². The molecule has 0 bridgehead atoms. The fourth-order valence-corrected chi connectivity index (χ4v) is 7.58. The van der Waals surface area contributed by atoms with Crippen LogP contribution in [0.2, 0.25) is 0 Å². The van der Waals surface area contributed by atoms with Crippen molar-refractivity contribution >= 4 is 0 Å². The van der Waals surface area contributed by atoms with Crippen LogP contribution in [0.4, 0.5) is 0 Å². The van der Waals surface area contributed by atoms with Gasteiger partial charge >= 0.3 is 0 Å². The summed E-state index contributed by atoms with van der Waals surface area (Å²) in [4.78, 5) is 0. The molecule has 0 heterocycles. The molecule has 1 saturated carbocycles. The molecule has 5 rings (SSSR count). The Kier molecular flexibility index (Phi) is 5.32. The van der Waals surface area contributed by atoms with Crippen LogP contribution in [0.25, 0.3) is 11.1 Å². The molecule has 0 aliphatic heterocycles. The van der Waals surface area contributed by atoms with Gasteiger partial charge in [0.1, 0.15) is 0 Å². The average Bonchev–Trinajstić information content (AvgIpc) is 3.37. The van der Waals surface area contributed by atoms with Crippen LogP contribution >= 0.6 is 0 Å². The molecule has 3 aliphatic carbocycles. The van der Waals surface area contributed by atoms with Crippen LogP contribution in [0.5, 0.6) is 0 Å². The Morgan fingerprint density at radius 1 is 0.750 bits per heavy atom. The van der Waals surface area contributed by atoms with Gasteiger partial charge in [0.2, 0.25) is 0 Å². The summed E-state index contributed by atoms with van der Waals surface area (Å²) in [7, 11) is 0. The third-order valence-electron chi connectivity index (χ3n) is 9.46. The predicted molar refractivity (Wildman–Crippen MR) is 157 cm³/mol. The molecule has 0 spiro atoms.